The highest BCUT2D eigenvalue weighted by atomic mass is 35.7. The van der Waals surface area contributed by atoms with Gasteiger partial charge in [0.05, 0.1) is 0 Å². The first-order valence-corrected chi connectivity index (χ1v) is 17.4. The van der Waals surface area contributed by atoms with Crippen LogP contribution in [0.3, 0.4) is 0 Å². The van der Waals surface area contributed by atoms with E-state index in [1.165, 1.54) is 135 Å². The first-order valence-electron chi connectivity index (χ1n) is 12.6. The molecule has 0 aliphatic carbocycles. The summed E-state index contributed by atoms with van der Waals surface area (Å²) in [6, 6.07) is 1.06. The van der Waals surface area contributed by atoms with Crippen molar-refractivity contribution >= 4 is 28.9 Å². The monoisotopic (exact) mass is 451 g/mol. The van der Waals surface area contributed by atoms with Crippen LogP contribution >= 0.6 is 22.2 Å². The first-order chi connectivity index (χ1) is 13.6. The quantitative estimate of drug-likeness (QED) is 0.0931. The van der Waals surface area contributed by atoms with Gasteiger partial charge in [-0.3, -0.25) is 0 Å². The lowest BCUT2D eigenvalue weighted by Gasteiger charge is -2.09. The molecule has 0 unspecified atom stereocenters. The highest BCUT2D eigenvalue weighted by Crippen LogP contribution is 2.23. The maximum atomic E-state index is 6.13. The minimum absolute atomic E-state index is 0.867. The van der Waals surface area contributed by atoms with Crippen LogP contribution in [0.15, 0.2) is 0 Å². The Hall–Kier alpha value is 0.757. The summed E-state index contributed by atoms with van der Waals surface area (Å²) < 4.78 is 0. The van der Waals surface area contributed by atoms with E-state index in [4.69, 9.17) is 27.9 Å². The lowest BCUT2D eigenvalue weighted by molar-refractivity contribution is 0.520. The Morgan fingerprint density at radius 3 is 0.857 bits per heavy atom. The van der Waals surface area contributed by atoms with Gasteiger partial charge in [0.2, 0.25) is 6.69 Å². The van der Waals surface area contributed by atoms with E-state index >= 15 is 0 Å². The number of unbranched alkanes of at least 4 members (excludes halogenated alkanes) is 20. The smallest absolute Gasteiger partial charge is 0.248 e. The third-order valence-electron chi connectivity index (χ3n) is 5.82. The molecule has 0 aromatic carbocycles. The zero-order chi connectivity index (χ0) is 20.8. The second-order valence-corrected chi connectivity index (χ2v) is 17.3. The first kappa shape index (κ1) is 28.8. The Bertz CT molecular complexity index is 295. The van der Waals surface area contributed by atoms with Crippen LogP contribution in [-0.4, -0.2) is 13.2 Å². The number of rotatable bonds is 23. The van der Waals surface area contributed by atoms with Crippen LogP contribution in [0, 0.1) is 0 Å². The number of nitrogens with two attached hydrogens (primary N) is 1. The van der Waals surface area contributed by atoms with Gasteiger partial charge in [-0.2, -0.15) is 0 Å². The molecule has 4 heteroatoms. The van der Waals surface area contributed by atoms with Crippen LogP contribution < -0.4 is 5.73 Å². The molecule has 0 aliphatic rings. The molecule has 0 spiro atoms. The van der Waals surface area contributed by atoms with Gasteiger partial charge >= 0.3 is 0 Å². The Labute approximate surface area is 188 Å². The van der Waals surface area contributed by atoms with Gasteiger partial charge in [0.25, 0.3) is 0 Å². The third kappa shape index (κ3) is 26.8. The molecular weight excluding hydrogens is 401 g/mol. The summed E-state index contributed by atoms with van der Waals surface area (Å²) in [4.78, 5) is 0. The molecule has 0 heterocycles. The van der Waals surface area contributed by atoms with Crippen LogP contribution in [0.2, 0.25) is 12.6 Å². The van der Waals surface area contributed by atoms with Crippen LogP contribution in [0.25, 0.3) is 0 Å². The van der Waals surface area contributed by atoms with Crippen LogP contribution in [0.1, 0.15) is 135 Å². The third-order valence-corrected chi connectivity index (χ3v) is 8.19. The summed E-state index contributed by atoms with van der Waals surface area (Å²) >= 11 is 12.3. The van der Waals surface area contributed by atoms with E-state index in [0.29, 0.717) is 0 Å². The summed E-state index contributed by atoms with van der Waals surface area (Å²) in [6.07, 6.45) is 29.5. The molecule has 0 atom stereocenters. The Balaban J connectivity index is 3.01. The van der Waals surface area contributed by atoms with Gasteiger partial charge in [-0.15, -0.1) is 22.2 Å². The van der Waals surface area contributed by atoms with Crippen molar-refractivity contribution in [2.45, 2.75) is 147 Å². The lowest BCUT2D eigenvalue weighted by Crippen LogP contribution is -2.11. The van der Waals surface area contributed by atoms with E-state index < -0.39 is 6.69 Å². The van der Waals surface area contributed by atoms with Crippen LogP contribution in [0.4, 0.5) is 0 Å². The summed E-state index contributed by atoms with van der Waals surface area (Å²) in [5.74, 6) is 0. The fourth-order valence-corrected chi connectivity index (χ4v) is 5.61. The van der Waals surface area contributed by atoms with Crippen molar-refractivity contribution in [2.75, 3.05) is 6.54 Å². The molecule has 0 bridgehead atoms. The maximum Gasteiger partial charge on any atom is 0.248 e. The van der Waals surface area contributed by atoms with Gasteiger partial charge in [0.15, 0.2) is 0 Å². The van der Waals surface area contributed by atoms with Gasteiger partial charge in [0.1, 0.15) is 0 Å². The summed E-state index contributed by atoms with van der Waals surface area (Å²) in [7, 11) is 0. The molecular formula is C24H51Cl2NSi. The number of hydrogen-bond donors (Lipinski definition) is 1. The van der Waals surface area contributed by atoms with Gasteiger partial charge in [-0.05, 0) is 25.6 Å². The van der Waals surface area contributed by atoms with Crippen LogP contribution in [0.5, 0.6) is 0 Å². The highest BCUT2D eigenvalue weighted by Gasteiger charge is 2.19. The normalized spacial score (nSPS) is 12.0. The average molecular weight is 453 g/mol. The molecule has 0 saturated heterocycles. The minimum atomic E-state index is -1.83. The van der Waals surface area contributed by atoms with E-state index in [9.17, 15) is 0 Å². The molecule has 1 nitrogen and oxygen atoms in total. The van der Waals surface area contributed by atoms with Crippen molar-refractivity contribution in [3.63, 3.8) is 0 Å². The van der Waals surface area contributed by atoms with Gasteiger partial charge in [-0.1, -0.05) is 128 Å². The molecule has 0 radical (unpaired) electrons. The van der Waals surface area contributed by atoms with Crippen molar-refractivity contribution in [1.82, 2.24) is 0 Å². The Morgan fingerprint density at radius 1 is 0.429 bits per heavy atom. The molecule has 0 amide bonds. The standard InChI is InChI=1S/C24H51Cl2NSi/c1-28(25,26)24-22-20-18-16-14-12-10-8-6-4-2-3-5-7-9-11-13-15-17-19-21-23-27/h2-24,27H2,1H3. The molecule has 0 aromatic rings. The van der Waals surface area contributed by atoms with Crippen molar-refractivity contribution in [3.8, 4) is 0 Å². The van der Waals surface area contributed by atoms with Crippen molar-refractivity contribution in [1.29, 1.82) is 0 Å². The maximum absolute atomic E-state index is 6.13. The molecule has 28 heavy (non-hydrogen) atoms. The Morgan fingerprint density at radius 2 is 0.643 bits per heavy atom. The highest BCUT2D eigenvalue weighted by molar-refractivity contribution is 7.44. The largest absolute Gasteiger partial charge is 0.330 e. The molecule has 0 rings (SSSR count). The van der Waals surface area contributed by atoms with Crippen LogP contribution in [-0.2, 0) is 0 Å². The van der Waals surface area contributed by atoms with Gasteiger partial charge in [0, 0.05) is 0 Å². The second-order valence-electron chi connectivity index (χ2n) is 9.03. The lowest BCUT2D eigenvalue weighted by atomic mass is 10.0. The van der Waals surface area contributed by atoms with E-state index in [1.54, 1.807) is 0 Å². The number of halogens is 2. The molecule has 2 N–H and O–H groups in total. The van der Waals surface area contributed by atoms with E-state index in [-0.39, 0.29) is 0 Å². The van der Waals surface area contributed by atoms with E-state index in [0.717, 1.165) is 12.6 Å². The molecule has 0 saturated carbocycles. The topological polar surface area (TPSA) is 26.0 Å². The summed E-state index contributed by atoms with van der Waals surface area (Å²) in [5, 5.41) is 0. The fourth-order valence-electron chi connectivity index (χ4n) is 3.94. The van der Waals surface area contributed by atoms with Crippen molar-refractivity contribution < 1.29 is 0 Å². The molecule has 0 fully saturated rings. The van der Waals surface area contributed by atoms with Gasteiger partial charge in [-0.25, -0.2) is 0 Å². The Kier molecular flexibility index (Phi) is 23.0. The summed E-state index contributed by atoms with van der Waals surface area (Å²) in [5.41, 5.74) is 5.52. The van der Waals surface area contributed by atoms with E-state index in [1.807, 2.05) is 6.55 Å². The zero-order valence-corrected chi connectivity index (χ0v) is 21.6. The van der Waals surface area contributed by atoms with E-state index in [2.05, 4.69) is 0 Å². The number of hydrogen-bond acceptors (Lipinski definition) is 1. The average Bonchev–Trinajstić information content (AvgIpc) is 2.65. The molecule has 0 aliphatic heterocycles. The molecule has 170 valence electrons. The predicted molar refractivity (Wildman–Crippen MR) is 134 cm³/mol. The fraction of sp³-hybridized carbons (Fsp3) is 1.00. The van der Waals surface area contributed by atoms with Crippen molar-refractivity contribution in [2.24, 2.45) is 5.73 Å². The second kappa shape index (κ2) is 22.4. The van der Waals surface area contributed by atoms with Crippen molar-refractivity contribution in [3.05, 3.63) is 0 Å². The summed E-state index contributed by atoms with van der Waals surface area (Å²) in [6.45, 7) is 1.07. The SMILES string of the molecule is C[Si](Cl)(Cl)CCCCCCCCCCCCCCCCCCCCCCCN. The zero-order valence-electron chi connectivity index (χ0n) is 19.1. The van der Waals surface area contributed by atoms with Gasteiger partial charge < -0.3 is 5.73 Å². The minimum Gasteiger partial charge on any atom is -0.330 e. The predicted octanol–water partition coefficient (Wildman–Crippen LogP) is 9.69. The molecule has 0 aromatic heterocycles.